The van der Waals surface area contributed by atoms with Crippen LogP contribution < -0.4 is 5.32 Å². The van der Waals surface area contributed by atoms with Gasteiger partial charge in [0.1, 0.15) is 0 Å². The van der Waals surface area contributed by atoms with Crippen LogP contribution in [0, 0.1) is 0 Å². The van der Waals surface area contributed by atoms with Gasteiger partial charge in [0.05, 0.1) is 6.10 Å². The van der Waals surface area contributed by atoms with Crippen molar-refractivity contribution in [2.45, 2.75) is 51.3 Å². The maximum absolute atomic E-state index is 5.97. The van der Waals surface area contributed by atoms with Crippen LogP contribution in [0.25, 0.3) is 0 Å². The maximum Gasteiger partial charge on any atom is 0.0599 e. The van der Waals surface area contributed by atoms with Crippen molar-refractivity contribution in [2.75, 3.05) is 46.4 Å². The van der Waals surface area contributed by atoms with Gasteiger partial charge in [-0.3, -0.25) is 4.90 Å². The molecule has 2 heterocycles. The van der Waals surface area contributed by atoms with Crippen LogP contribution in [-0.4, -0.2) is 74.4 Å². The summed E-state index contributed by atoms with van der Waals surface area (Å²) in [5, 5.41) is 3.38. The van der Waals surface area contributed by atoms with Crippen molar-refractivity contribution < 1.29 is 4.74 Å². The van der Waals surface area contributed by atoms with Gasteiger partial charge in [-0.25, -0.2) is 0 Å². The summed E-state index contributed by atoms with van der Waals surface area (Å²) in [5.41, 5.74) is 0. The second-order valence-corrected chi connectivity index (χ2v) is 6.30. The first-order valence-corrected chi connectivity index (χ1v) is 7.93. The summed E-state index contributed by atoms with van der Waals surface area (Å²) >= 11 is 0. The lowest BCUT2D eigenvalue weighted by atomic mass is 10.1. The van der Waals surface area contributed by atoms with Crippen LogP contribution in [0.3, 0.4) is 0 Å². The molecule has 0 radical (unpaired) electrons. The van der Waals surface area contributed by atoms with Crippen LogP contribution in [-0.2, 0) is 4.74 Å². The first-order valence-electron chi connectivity index (χ1n) is 7.93. The average Bonchev–Trinajstić information content (AvgIpc) is 2.42. The zero-order valence-electron chi connectivity index (χ0n) is 12.9. The largest absolute Gasteiger partial charge is 0.378 e. The molecule has 1 N–H and O–H groups in total. The van der Waals surface area contributed by atoms with Gasteiger partial charge in [0.25, 0.3) is 0 Å². The molecule has 19 heavy (non-hydrogen) atoms. The van der Waals surface area contributed by atoms with E-state index in [1.165, 1.54) is 38.9 Å². The van der Waals surface area contributed by atoms with Gasteiger partial charge in [0, 0.05) is 38.3 Å². The number of likely N-dealkylation sites (N-methyl/N-ethyl adjacent to an activating group) is 1. The number of ether oxygens (including phenoxy) is 1. The minimum absolute atomic E-state index is 0.506. The van der Waals surface area contributed by atoms with Crippen molar-refractivity contribution in [1.82, 2.24) is 15.1 Å². The van der Waals surface area contributed by atoms with E-state index >= 15 is 0 Å². The second-order valence-electron chi connectivity index (χ2n) is 6.30. The first-order chi connectivity index (χ1) is 9.16. The Hall–Kier alpha value is -0.160. The van der Waals surface area contributed by atoms with Crippen LogP contribution >= 0.6 is 0 Å². The normalized spacial score (nSPS) is 31.7. The van der Waals surface area contributed by atoms with Gasteiger partial charge >= 0.3 is 0 Å². The van der Waals surface area contributed by atoms with Crippen molar-refractivity contribution >= 4 is 0 Å². The highest BCUT2D eigenvalue weighted by Gasteiger charge is 2.25. The molecule has 4 heteroatoms. The highest BCUT2D eigenvalue weighted by Crippen LogP contribution is 2.14. The third-order valence-corrected chi connectivity index (χ3v) is 4.69. The Morgan fingerprint density at radius 1 is 1.11 bits per heavy atom. The molecule has 2 saturated heterocycles. The Bertz CT molecular complexity index is 244. The molecule has 0 saturated carbocycles. The second kappa shape index (κ2) is 7.58. The van der Waals surface area contributed by atoms with Gasteiger partial charge in [-0.05, 0) is 53.2 Å². The lowest BCUT2D eigenvalue weighted by Crippen LogP contribution is -2.55. The molecule has 4 nitrogen and oxygen atoms in total. The lowest BCUT2D eigenvalue weighted by Gasteiger charge is -2.42. The van der Waals surface area contributed by atoms with E-state index in [0.29, 0.717) is 18.2 Å². The molecule has 112 valence electrons. The third kappa shape index (κ3) is 4.71. The monoisotopic (exact) mass is 269 g/mol. The Morgan fingerprint density at radius 3 is 2.37 bits per heavy atom. The number of nitrogens with zero attached hydrogens (tertiary/aromatic N) is 2. The van der Waals surface area contributed by atoms with Crippen molar-refractivity contribution in [2.24, 2.45) is 0 Å². The zero-order valence-corrected chi connectivity index (χ0v) is 12.9. The fourth-order valence-corrected chi connectivity index (χ4v) is 3.20. The van der Waals surface area contributed by atoms with E-state index in [1.807, 2.05) is 0 Å². The van der Waals surface area contributed by atoms with Gasteiger partial charge < -0.3 is 15.0 Å². The quantitative estimate of drug-likeness (QED) is 0.758. The Morgan fingerprint density at radius 2 is 1.74 bits per heavy atom. The molecule has 2 fully saturated rings. The molecular formula is C15H31N3O. The summed E-state index contributed by atoms with van der Waals surface area (Å²) in [4.78, 5) is 5.09. The molecule has 0 amide bonds. The molecule has 0 aromatic rings. The fraction of sp³-hybridized carbons (Fsp3) is 1.00. The Kier molecular flexibility index (Phi) is 6.07. The summed E-state index contributed by atoms with van der Waals surface area (Å²) in [7, 11) is 2.24. The Balaban J connectivity index is 1.58. The first kappa shape index (κ1) is 15.2. The van der Waals surface area contributed by atoms with Crippen LogP contribution in [0.5, 0.6) is 0 Å². The highest BCUT2D eigenvalue weighted by molar-refractivity contribution is 4.82. The number of piperidine rings is 1. The number of piperazine rings is 1. The molecule has 2 unspecified atom stereocenters. The fourth-order valence-electron chi connectivity index (χ4n) is 3.20. The SMILES string of the molecule is CC1CN(CCCOC2CCNCC2)CC(C)N1C. The summed E-state index contributed by atoms with van der Waals surface area (Å²) in [6.45, 7) is 11.4. The van der Waals surface area contributed by atoms with Crippen molar-refractivity contribution in [1.29, 1.82) is 0 Å². The minimum Gasteiger partial charge on any atom is -0.378 e. The molecule has 2 atom stereocenters. The van der Waals surface area contributed by atoms with E-state index in [-0.39, 0.29) is 0 Å². The summed E-state index contributed by atoms with van der Waals surface area (Å²) in [6.07, 6.45) is 4.05. The molecule has 0 spiro atoms. The van der Waals surface area contributed by atoms with Gasteiger partial charge in [-0.15, -0.1) is 0 Å². The van der Waals surface area contributed by atoms with E-state index in [0.717, 1.165) is 19.7 Å². The predicted molar refractivity (Wildman–Crippen MR) is 79.6 cm³/mol. The van der Waals surface area contributed by atoms with Crippen molar-refractivity contribution in [3.8, 4) is 0 Å². The topological polar surface area (TPSA) is 27.7 Å². The maximum atomic E-state index is 5.97. The van der Waals surface area contributed by atoms with Crippen LogP contribution in [0.2, 0.25) is 0 Å². The summed E-state index contributed by atoms with van der Waals surface area (Å²) in [6, 6.07) is 1.35. The molecule has 2 rings (SSSR count). The Labute approximate surface area is 118 Å². The number of nitrogens with one attached hydrogen (secondary N) is 1. The van der Waals surface area contributed by atoms with Crippen molar-refractivity contribution in [3.63, 3.8) is 0 Å². The molecule has 2 aliphatic heterocycles. The molecule has 0 bridgehead atoms. The van der Waals surface area contributed by atoms with E-state index in [1.54, 1.807) is 0 Å². The summed E-state index contributed by atoms with van der Waals surface area (Å²) < 4.78 is 5.97. The van der Waals surface area contributed by atoms with Gasteiger partial charge in [0.2, 0.25) is 0 Å². The number of hydrogen-bond acceptors (Lipinski definition) is 4. The lowest BCUT2D eigenvalue weighted by molar-refractivity contribution is 0.0177. The standard InChI is InChI=1S/C15H31N3O/c1-13-11-18(12-14(2)17(13)3)9-4-10-19-15-5-7-16-8-6-15/h13-16H,4-12H2,1-3H3. The third-order valence-electron chi connectivity index (χ3n) is 4.69. The molecule has 2 aliphatic rings. The van der Waals surface area contributed by atoms with E-state index < -0.39 is 0 Å². The predicted octanol–water partition coefficient (Wildman–Crippen LogP) is 1.17. The van der Waals surface area contributed by atoms with Gasteiger partial charge in [-0.2, -0.15) is 0 Å². The molecular weight excluding hydrogens is 238 g/mol. The van der Waals surface area contributed by atoms with Crippen molar-refractivity contribution in [3.05, 3.63) is 0 Å². The smallest absolute Gasteiger partial charge is 0.0599 e. The average molecular weight is 269 g/mol. The molecule has 0 aliphatic carbocycles. The summed E-state index contributed by atoms with van der Waals surface area (Å²) in [5.74, 6) is 0. The number of rotatable bonds is 5. The van der Waals surface area contributed by atoms with Crippen LogP contribution in [0.1, 0.15) is 33.1 Å². The van der Waals surface area contributed by atoms with Gasteiger partial charge in [-0.1, -0.05) is 0 Å². The van der Waals surface area contributed by atoms with E-state index in [9.17, 15) is 0 Å². The minimum atomic E-state index is 0.506. The zero-order chi connectivity index (χ0) is 13.7. The highest BCUT2D eigenvalue weighted by atomic mass is 16.5. The van der Waals surface area contributed by atoms with Gasteiger partial charge in [0.15, 0.2) is 0 Å². The molecule has 0 aromatic carbocycles. The van der Waals surface area contributed by atoms with Crippen LogP contribution in [0.15, 0.2) is 0 Å². The molecule has 0 aromatic heterocycles. The van der Waals surface area contributed by atoms with Crippen LogP contribution in [0.4, 0.5) is 0 Å². The van der Waals surface area contributed by atoms with E-state index in [2.05, 4.69) is 36.0 Å². The number of hydrogen-bond donors (Lipinski definition) is 1. The van der Waals surface area contributed by atoms with E-state index in [4.69, 9.17) is 4.74 Å².